The fourth-order valence-electron chi connectivity index (χ4n) is 3.06. The van der Waals surface area contributed by atoms with Crippen LogP contribution in [0, 0.1) is 0 Å². The lowest BCUT2D eigenvalue weighted by Crippen LogP contribution is -2.53. The van der Waals surface area contributed by atoms with Crippen LogP contribution in [0.5, 0.6) is 5.75 Å². The fraction of sp³-hybridized carbons (Fsp3) is 0.350. The summed E-state index contributed by atoms with van der Waals surface area (Å²) in [6.07, 6.45) is 0.602. The standard InChI is InChI=1S/C20H24N2O3/c1-14-19(21-10-11-25-14)20(23)22-17-8-9-18(24-2)16(13-17)12-15-6-4-3-5-7-15/h3-9,13-14,19,21H,10-12H2,1-2H3,(H,22,23)/t14-,19+/m1/s1. The fourth-order valence-corrected chi connectivity index (χ4v) is 3.06. The quantitative estimate of drug-likeness (QED) is 0.878. The van der Waals surface area contributed by atoms with E-state index in [0.29, 0.717) is 13.2 Å². The predicted molar refractivity (Wildman–Crippen MR) is 98.1 cm³/mol. The molecule has 5 heteroatoms. The van der Waals surface area contributed by atoms with Crippen LogP contribution >= 0.6 is 0 Å². The van der Waals surface area contributed by atoms with Crippen LogP contribution in [0.2, 0.25) is 0 Å². The molecule has 0 spiro atoms. The molecule has 1 amide bonds. The van der Waals surface area contributed by atoms with Crippen molar-refractivity contribution in [3.05, 3.63) is 59.7 Å². The summed E-state index contributed by atoms with van der Waals surface area (Å²) in [6.45, 7) is 3.23. The van der Waals surface area contributed by atoms with Crippen molar-refractivity contribution in [3.63, 3.8) is 0 Å². The molecule has 1 aliphatic heterocycles. The molecule has 5 nitrogen and oxygen atoms in total. The molecule has 1 heterocycles. The van der Waals surface area contributed by atoms with Gasteiger partial charge in [0.25, 0.3) is 0 Å². The third-order valence-electron chi connectivity index (χ3n) is 4.38. The van der Waals surface area contributed by atoms with Gasteiger partial charge in [0, 0.05) is 24.2 Å². The average molecular weight is 340 g/mol. The molecule has 2 N–H and O–H groups in total. The zero-order valence-electron chi connectivity index (χ0n) is 14.6. The first-order chi connectivity index (χ1) is 12.2. The highest BCUT2D eigenvalue weighted by Gasteiger charge is 2.28. The van der Waals surface area contributed by atoms with Crippen molar-refractivity contribution in [2.75, 3.05) is 25.6 Å². The monoisotopic (exact) mass is 340 g/mol. The largest absolute Gasteiger partial charge is 0.496 e. The number of methoxy groups -OCH3 is 1. The molecule has 0 unspecified atom stereocenters. The van der Waals surface area contributed by atoms with E-state index in [-0.39, 0.29) is 18.1 Å². The molecule has 2 aromatic rings. The Bertz CT molecular complexity index is 718. The van der Waals surface area contributed by atoms with Crippen LogP contribution in [0.4, 0.5) is 5.69 Å². The number of morpholine rings is 1. The van der Waals surface area contributed by atoms with E-state index in [9.17, 15) is 4.79 Å². The van der Waals surface area contributed by atoms with Crippen LogP contribution in [0.25, 0.3) is 0 Å². The Morgan fingerprint density at radius 1 is 1.28 bits per heavy atom. The number of anilines is 1. The summed E-state index contributed by atoms with van der Waals surface area (Å²) in [7, 11) is 1.66. The molecule has 2 aromatic carbocycles. The summed E-state index contributed by atoms with van der Waals surface area (Å²) >= 11 is 0. The van der Waals surface area contributed by atoms with Gasteiger partial charge in [-0.05, 0) is 30.7 Å². The maximum atomic E-state index is 12.5. The third-order valence-corrected chi connectivity index (χ3v) is 4.38. The molecule has 0 aliphatic carbocycles. The van der Waals surface area contributed by atoms with E-state index in [1.807, 2.05) is 43.3 Å². The Balaban J connectivity index is 1.75. The smallest absolute Gasteiger partial charge is 0.244 e. The van der Waals surface area contributed by atoms with Gasteiger partial charge in [0.2, 0.25) is 5.91 Å². The minimum atomic E-state index is -0.339. The maximum Gasteiger partial charge on any atom is 0.244 e. The van der Waals surface area contributed by atoms with Gasteiger partial charge in [-0.15, -0.1) is 0 Å². The number of carbonyl (C=O) groups excluding carboxylic acids is 1. The number of amides is 1. The van der Waals surface area contributed by atoms with Crippen molar-refractivity contribution in [1.29, 1.82) is 0 Å². The second kappa shape index (κ2) is 8.14. The number of carbonyl (C=O) groups is 1. The molecule has 1 saturated heterocycles. The predicted octanol–water partition coefficient (Wildman–Crippen LogP) is 2.60. The highest BCUT2D eigenvalue weighted by molar-refractivity contribution is 5.95. The van der Waals surface area contributed by atoms with E-state index < -0.39 is 0 Å². The minimum absolute atomic E-state index is 0.0805. The zero-order chi connectivity index (χ0) is 17.6. The van der Waals surface area contributed by atoms with E-state index in [0.717, 1.165) is 23.4 Å². The van der Waals surface area contributed by atoms with Gasteiger partial charge in [0.1, 0.15) is 11.8 Å². The molecule has 25 heavy (non-hydrogen) atoms. The maximum absolute atomic E-state index is 12.5. The summed E-state index contributed by atoms with van der Waals surface area (Å²) in [5, 5.41) is 6.19. The highest BCUT2D eigenvalue weighted by atomic mass is 16.5. The van der Waals surface area contributed by atoms with Crippen LogP contribution < -0.4 is 15.4 Å². The Labute approximate surface area is 148 Å². The Morgan fingerprint density at radius 3 is 2.80 bits per heavy atom. The topological polar surface area (TPSA) is 59.6 Å². The lowest BCUT2D eigenvalue weighted by atomic mass is 10.0. The number of ether oxygens (including phenoxy) is 2. The molecule has 1 aliphatic rings. The Hall–Kier alpha value is -2.37. The number of hydrogen-bond donors (Lipinski definition) is 2. The molecule has 2 atom stereocenters. The molecule has 3 rings (SSSR count). The van der Waals surface area contributed by atoms with Gasteiger partial charge in [0.05, 0.1) is 19.8 Å². The van der Waals surface area contributed by atoms with Crippen LogP contribution in [0.1, 0.15) is 18.1 Å². The van der Waals surface area contributed by atoms with Gasteiger partial charge in [0.15, 0.2) is 0 Å². The first-order valence-corrected chi connectivity index (χ1v) is 8.54. The minimum Gasteiger partial charge on any atom is -0.496 e. The lowest BCUT2D eigenvalue weighted by molar-refractivity contribution is -0.123. The van der Waals surface area contributed by atoms with E-state index in [1.54, 1.807) is 7.11 Å². The van der Waals surface area contributed by atoms with Gasteiger partial charge < -0.3 is 20.1 Å². The first-order valence-electron chi connectivity index (χ1n) is 8.54. The molecule has 0 aromatic heterocycles. The lowest BCUT2D eigenvalue weighted by Gasteiger charge is -2.29. The van der Waals surface area contributed by atoms with Crippen molar-refractivity contribution in [1.82, 2.24) is 5.32 Å². The molecule has 1 fully saturated rings. The van der Waals surface area contributed by atoms with Crippen molar-refractivity contribution >= 4 is 11.6 Å². The first kappa shape index (κ1) is 17.5. The molecule has 0 saturated carbocycles. The Morgan fingerprint density at radius 2 is 2.08 bits per heavy atom. The van der Waals surface area contributed by atoms with E-state index in [2.05, 4.69) is 22.8 Å². The van der Waals surface area contributed by atoms with Gasteiger partial charge in [-0.2, -0.15) is 0 Å². The van der Waals surface area contributed by atoms with Crippen molar-refractivity contribution < 1.29 is 14.3 Å². The van der Waals surface area contributed by atoms with Gasteiger partial charge in [-0.1, -0.05) is 30.3 Å². The number of rotatable bonds is 5. The molecular formula is C20H24N2O3. The van der Waals surface area contributed by atoms with Crippen LogP contribution in [0.3, 0.4) is 0 Å². The van der Waals surface area contributed by atoms with Gasteiger partial charge >= 0.3 is 0 Å². The normalized spacial score (nSPS) is 20.1. The van der Waals surface area contributed by atoms with E-state index >= 15 is 0 Å². The number of hydrogen-bond acceptors (Lipinski definition) is 4. The molecular weight excluding hydrogens is 316 g/mol. The van der Waals surface area contributed by atoms with E-state index in [1.165, 1.54) is 5.56 Å². The molecule has 0 bridgehead atoms. The highest BCUT2D eigenvalue weighted by Crippen LogP contribution is 2.25. The summed E-state index contributed by atoms with van der Waals surface area (Å²) in [5.41, 5.74) is 2.99. The van der Waals surface area contributed by atoms with E-state index in [4.69, 9.17) is 9.47 Å². The van der Waals surface area contributed by atoms with Crippen molar-refractivity contribution in [2.45, 2.75) is 25.5 Å². The number of benzene rings is 2. The van der Waals surface area contributed by atoms with Crippen molar-refractivity contribution in [2.24, 2.45) is 0 Å². The van der Waals surface area contributed by atoms with Gasteiger partial charge in [-0.3, -0.25) is 4.79 Å². The Kier molecular flexibility index (Phi) is 5.68. The summed E-state index contributed by atoms with van der Waals surface area (Å²) in [6, 6.07) is 15.6. The second-order valence-corrected chi connectivity index (χ2v) is 6.19. The molecule has 0 radical (unpaired) electrons. The van der Waals surface area contributed by atoms with Crippen LogP contribution in [0.15, 0.2) is 48.5 Å². The summed E-state index contributed by atoms with van der Waals surface area (Å²) < 4.78 is 11.0. The van der Waals surface area contributed by atoms with Crippen LogP contribution in [-0.4, -0.2) is 38.3 Å². The van der Waals surface area contributed by atoms with Crippen molar-refractivity contribution in [3.8, 4) is 5.75 Å². The second-order valence-electron chi connectivity index (χ2n) is 6.19. The summed E-state index contributed by atoms with van der Waals surface area (Å²) in [4.78, 5) is 12.5. The average Bonchev–Trinajstić information content (AvgIpc) is 2.63. The zero-order valence-corrected chi connectivity index (χ0v) is 14.6. The van der Waals surface area contributed by atoms with Crippen LogP contribution in [-0.2, 0) is 16.0 Å². The SMILES string of the molecule is COc1ccc(NC(=O)[C@H]2NCCO[C@@H]2C)cc1Cc1ccccc1. The third kappa shape index (κ3) is 4.38. The van der Waals surface area contributed by atoms with Gasteiger partial charge in [-0.25, -0.2) is 0 Å². The summed E-state index contributed by atoms with van der Waals surface area (Å²) in [5.74, 6) is 0.734. The molecule has 132 valence electrons. The number of nitrogens with one attached hydrogen (secondary N) is 2.